The van der Waals surface area contributed by atoms with Crippen LogP contribution in [-0.2, 0) is 57.6 Å². The molecule has 0 radical (unpaired) electrons. The van der Waals surface area contributed by atoms with Gasteiger partial charge in [-0.15, -0.1) is 0 Å². The summed E-state index contributed by atoms with van der Waals surface area (Å²) in [7, 11) is -15.5. The van der Waals surface area contributed by atoms with Crippen molar-refractivity contribution in [3.05, 3.63) is 145 Å². The lowest BCUT2D eigenvalue weighted by Crippen LogP contribution is -2.43. The van der Waals surface area contributed by atoms with Crippen molar-refractivity contribution in [2.75, 3.05) is 73.3 Å². The summed E-state index contributed by atoms with van der Waals surface area (Å²) in [5.74, 6) is -0.834. The van der Waals surface area contributed by atoms with Crippen LogP contribution in [0.2, 0.25) is 36.3 Å². The second-order valence-electron chi connectivity index (χ2n) is 27.9. The quantitative estimate of drug-likeness (QED) is 0.101. The Morgan fingerprint density at radius 1 is 0.545 bits per heavy atom. The molecule has 12 rings (SSSR count). The number of nitrogens with one attached hydrogen (secondary N) is 1. The Morgan fingerprint density at radius 2 is 0.909 bits per heavy atom. The fourth-order valence-electron chi connectivity index (χ4n) is 12.2. The Labute approximate surface area is 584 Å². The van der Waals surface area contributed by atoms with E-state index in [1.165, 1.54) is 48.5 Å². The Bertz CT molecular complexity index is 4700. The standard InChI is InChI=1S/C25H30F2N2O4SSi.C19H16F2N2O4S.C16H24BrFO3SSi.C9H7FN2O/c1-25(2,3)35(5,6)33-24-18(27)13-17-19(7-8-21(22(17)24)34(4,30)31)29-9-10-32-20-12-16(26)11-15(14-28)23(20)29;1-28(25,26)16-3-2-14(12-8-13(21)19(24)17(12)16)23-4-5-27-15-7-11(20)6-10(9-22)18(15)23;1-16(2,3)23(5,6)21-15-12(18)9-10-11(17)7-8-13(14(10)15)22(4,19)20;10-7-3-6(5-11)9-8(4-7)13-2-1-12-9/h7-8,11-12,18,24H,9-10,13H2,1-6H3;2-3,6-7,13,19,24H,4-5,8H2,1H3;7-8,12,15H,9H2,1-6H3;3-4,12H,1-2H2/t18-,24-;13-,19-;12-,15-;/m111./s1. The highest BCUT2D eigenvalue weighted by molar-refractivity contribution is 9.10. The molecule has 0 amide bonds. The van der Waals surface area contributed by atoms with Crippen LogP contribution in [0, 0.1) is 51.4 Å². The van der Waals surface area contributed by atoms with E-state index in [9.17, 15) is 62.8 Å². The molecule has 0 bridgehead atoms. The maximum atomic E-state index is 15.7. The summed E-state index contributed by atoms with van der Waals surface area (Å²) in [5.41, 5.74) is 5.27. The lowest BCUT2D eigenvalue weighted by Gasteiger charge is -2.39. The van der Waals surface area contributed by atoms with Crippen LogP contribution in [-0.4, -0.2) is 124 Å². The summed E-state index contributed by atoms with van der Waals surface area (Å²) in [6.45, 7) is 22.7. The van der Waals surface area contributed by atoms with Gasteiger partial charge in [0.15, 0.2) is 46.1 Å². The Morgan fingerprint density at radius 3 is 1.33 bits per heavy atom. The third-order valence-electron chi connectivity index (χ3n) is 19.0. The summed E-state index contributed by atoms with van der Waals surface area (Å²) < 4.78 is 189. The molecule has 0 fully saturated rings. The maximum absolute atomic E-state index is 15.7. The van der Waals surface area contributed by atoms with E-state index in [-0.39, 0.29) is 91.0 Å². The first kappa shape index (κ1) is 76.0. The molecule has 530 valence electrons. The molecular formula is C69H77BrF6N6O12S3Si2. The van der Waals surface area contributed by atoms with Gasteiger partial charge in [-0.05, 0) is 108 Å². The van der Waals surface area contributed by atoms with Crippen LogP contribution in [0.5, 0.6) is 17.2 Å². The van der Waals surface area contributed by atoms with Gasteiger partial charge in [-0.3, -0.25) is 0 Å². The van der Waals surface area contributed by atoms with Gasteiger partial charge in [0.1, 0.15) is 121 Å². The number of aliphatic hydroxyl groups is 1. The molecule has 0 saturated heterocycles. The molecule has 3 aliphatic heterocycles. The smallest absolute Gasteiger partial charge is 0.193 e. The molecule has 0 unspecified atom stereocenters. The van der Waals surface area contributed by atoms with E-state index >= 15 is 4.39 Å². The zero-order chi connectivity index (χ0) is 73.2. The van der Waals surface area contributed by atoms with E-state index in [1.54, 1.807) is 21.9 Å². The number of nitrogens with zero attached hydrogens (tertiary/aromatic N) is 5. The van der Waals surface area contributed by atoms with Gasteiger partial charge in [-0.25, -0.2) is 51.6 Å². The van der Waals surface area contributed by atoms with Gasteiger partial charge in [0, 0.05) is 95.3 Å². The topological polar surface area (TPSA) is 259 Å². The predicted molar refractivity (Wildman–Crippen MR) is 371 cm³/mol. The van der Waals surface area contributed by atoms with Crippen molar-refractivity contribution >= 4 is 90.5 Å². The SMILES string of the molecule is CC(C)(C)[Si](C)(C)O[C@H]1c2c(S(C)(=O)=O)ccc(Br)c2C[C@H]1F.CC(C)(C)[Si](C)(C)O[C@H]1c2c(S(C)(=O)=O)ccc(N3CCOc4cc(F)cc(C#N)c43)c2C[C@H]1F.CS(=O)(=O)c1ccc(N2CCOc3cc(F)cc(C#N)c32)c2c1[C@H](O)[C@H](F)C2.N#Cc1cc(F)cc2c1NCCO2. The average Bonchev–Trinajstić information content (AvgIpc) is 1.67. The van der Waals surface area contributed by atoms with Crippen molar-refractivity contribution in [1.82, 2.24) is 0 Å². The van der Waals surface area contributed by atoms with Crippen LogP contribution >= 0.6 is 15.9 Å². The molecule has 0 saturated carbocycles. The van der Waals surface area contributed by atoms with Gasteiger partial charge in [-0.2, -0.15) is 15.8 Å². The first-order valence-electron chi connectivity index (χ1n) is 31.5. The normalized spacial score (nSPS) is 20.0. The highest BCUT2D eigenvalue weighted by atomic mass is 79.9. The molecule has 0 aromatic heterocycles. The van der Waals surface area contributed by atoms with E-state index in [2.05, 4.69) is 55.1 Å². The third kappa shape index (κ3) is 15.5. The van der Waals surface area contributed by atoms with Gasteiger partial charge in [0.25, 0.3) is 0 Å². The molecule has 0 spiro atoms. The summed E-state index contributed by atoms with van der Waals surface area (Å²) in [4.78, 5) is 3.59. The van der Waals surface area contributed by atoms with E-state index in [0.29, 0.717) is 88.2 Å². The second kappa shape index (κ2) is 28.3. The van der Waals surface area contributed by atoms with Crippen molar-refractivity contribution in [3.63, 3.8) is 0 Å². The van der Waals surface area contributed by atoms with Crippen molar-refractivity contribution in [1.29, 1.82) is 15.8 Å². The van der Waals surface area contributed by atoms with Gasteiger partial charge in [0.2, 0.25) is 0 Å². The Balaban J connectivity index is 0.000000161. The van der Waals surface area contributed by atoms with Gasteiger partial charge < -0.3 is 43.3 Å². The van der Waals surface area contributed by atoms with Crippen LogP contribution in [0.25, 0.3) is 0 Å². The minimum atomic E-state index is -3.68. The third-order valence-corrected chi connectivity index (χ3v) is 32.1. The molecule has 18 nitrogen and oxygen atoms in total. The van der Waals surface area contributed by atoms with Crippen molar-refractivity contribution in [3.8, 4) is 35.5 Å². The summed E-state index contributed by atoms with van der Waals surface area (Å²) >= 11 is 3.42. The molecule has 3 heterocycles. The second-order valence-corrected chi connectivity index (χ2v) is 44.3. The minimum Gasteiger partial charge on any atom is -0.489 e. The predicted octanol–water partition coefficient (Wildman–Crippen LogP) is 14.5. The number of fused-ring (bicyclic) bond motifs is 6. The largest absolute Gasteiger partial charge is 0.489 e. The van der Waals surface area contributed by atoms with Gasteiger partial charge >= 0.3 is 0 Å². The number of anilines is 5. The van der Waals surface area contributed by atoms with E-state index < -0.39 is 100 Å². The number of hydrogen-bond donors (Lipinski definition) is 2. The van der Waals surface area contributed by atoms with Crippen molar-refractivity contribution < 1.29 is 79.8 Å². The Kier molecular flexibility index (Phi) is 21.7. The lowest BCUT2D eigenvalue weighted by atomic mass is 10.0. The van der Waals surface area contributed by atoms with Crippen molar-refractivity contribution in [2.45, 2.75) is 149 Å². The molecule has 30 heteroatoms. The minimum absolute atomic E-state index is 0.0247. The summed E-state index contributed by atoms with van der Waals surface area (Å²) in [6.07, 6.45) is -4.40. The van der Waals surface area contributed by atoms with Crippen LogP contribution in [0.4, 0.5) is 54.8 Å². The number of halogens is 7. The van der Waals surface area contributed by atoms with E-state index in [4.69, 9.17) is 28.3 Å². The maximum Gasteiger partial charge on any atom is 0.193 e. The summed E-state index contributed by atoms with van der Waals surface area (Å²) in [6, 6.07) is 22.1. The molecule has 3 aliphatic carbocycles. The molecule has 6 aromatic rings. The first-order chi connectivity index (χ1) is 45.9. The molecular weight excluding hydrogens is 1450 g/mol. The van der Waals surface area contributed by atoms with Crippen molar-refractivity contribution in [2.24, 2.45) is 0 Å². The number of ether oxygens (including phenoxy) is 3. The number of benzene rings is 6. The fourth-order valence-corrected chi connectivity index (χ4v) is 18.1. The highest BCUT2D eigenvalue weighted by Gasteiger charge is 2.49. The fraction of sp³-hybridized carbons (Fsp3) is 0.435. The number of aliphatic hydroxyl groups excluding tert-OH is 1. The number of hydrogen-bond acceptors (Lipinski definition) is 18. The number of nitriles is 3. The molecule has 2 N–H and O–H groups in total. The lowest BCUT2D eigenvalue weighted by molar-refractivity contribution is 0.0907. The molecule has 99 heavy (non-hydrogen) atoms. The van der Waals surface area contributed by atoms with E-state index in [0.717, 1.165) is 35.4 Å². The van der Waals surface area contributed by atoms with Gasteiger partial charge in [0.05, 0.1) is 50.2 Å². The number of alkyl halides is 3. The van der Waals surface area contributed by atoms with Crippen LogP contribution in [0.3, 0.4) is 0 Å². The zero-order valence-corrected chi connectivity index (χ0v) is 62.8. The molecule has 6 atom stereocenters. The molecule has 6 aliphatic rings. The van der Waals surface area contributed by atoms with Gasteiger partial charge in [-0.1, -0.05) is 57.5 Å². The zero-order valence-electron chi connectivity index (χ0n) is 56.8. The van der Waals surface area contributed by atoms with E-state index in [1.807, 2.05) is 52.1 Å². The number of sulfone groups is 3. The van der Waals surface area contributed by atoms with Crippen LogP contribution in [0.15, 0.2) is 92.0 Å². The number of rotatable bonds is 9. The highest BCUT2D eigenvalue weighted by Crippen LogP contribution is 2.53. The molecule has 6 aromatic carbocycles. The first-order valence-corrected chi connectivity index (χ1v) is 43.8. The average molecular weight is 1530 g/mol. The monoisotopic (exact) mass is 1530 g/mol. The van der Waals surface area contributed by atoms with Crippen LogP contribution < -0.4 is 29.3 Å². The Hall–Kier alpha value is -7.19. The van der Waals surface area contributed by atoms with Crippen LogP contribution in [0.1, 0.15) is 110 Å². The summed E-state index contributed by atoms with van der Waals surface area (Å²) in [5, 5.41) is 40.8.